The van der Waals surface area contributed by atoms with Gasteiger partial charge in [-0.05, 0) is 68.1 Å². The number of benzene rings is 2. The van der Waals surface area contributed by atoms with Gasteiger partial charge in [0.2, 0.25) is 0 Å². The number of nitrogens with zero attached hydrogens (tertiary/aromatic N) is 2. The summed E-state index contributed by atoms with van der Waals surface area (Å²) in [5.74, 6) is 2.61. The number of nitrogens with one attached hydrogen (secondary N) is 1. The molecule has 0 atom stereocenters. The largest absolute Gasteiger partial charge is 0.497 e. The van der Waals surface area contributed by atoms with E-state index in [4.69, 9.17) is 26.2 Å². The van der Waals surface area contributed by atoms with Crippen molar-refractivity contribution in [1.29, 1.82) is 0 Å². The third-order valence-corrected chi connectivity index (χ3v) is 5.41. The average Bonchev–Trinajstić information content (AvgIpc) is 2.88. The van der Waals surface area contributed by atoms with Crippen LogP contribution in [0.3, 0.4) is 0 Å². The second-order valence-corrected chi connectivity index (χ2v) is 7.40. The van der Waals surface area contributed by atoms with E-state index in [1.807, 2.05) is 41.1 Å². The molecule has 4 rings (SSSR count). The van der Waals surface area contributed by atoms with Crippen LogP contribution in [0.15, 0.2) is 36.4 Å². The topological polar surface area (TPSA) is 48.3 Å². The van der Waals surface area contributed by atoms with Gasteiger partial charge < -0.3 is 14.8 Å². The monoisotopic (exact) mass is 397 g/mol. The Morgan fingerprint density at radius 2 is 1.93 bits per heavy atom. The van der Waals surface area contributed by atoms with Crippen molar-refractivity contribution in [2.24, 2.45) is 0 Å². The predicted octanol–water partition coefficient (Wildman–Crippen LogP) is 5.27. The first-order valence-corrected chi connectivity index (χ1v) is 9.85. The number of hydrogen-bond donors (Lipinski definition) is 1. The molecule has 1 N–H and O–H groups in total. The van der Waals surface area contributed by atoms with Crippen LogP contribution in [0.25, 0.3) is 16.9 Å². The van der Waals surface area contributed by atoms with Crippen molar-refractivity contribution in [1.82, 2.24) is 9.78 Å². The van der Waals surface area contributed by atoms with Gasteiger partial charge in [-0.2, -0.15) is 5.10 Å². The fourth-order valence-electron chi connectivity index (χ4n) is 3.75. The van der Waals surface area contributed by atoms with Gasteiger partial charge >= 0.3 is 0 Å². The molecule has 2 heterocycles. The number of fused-ring (bicyclic) bond motifs is 1. The van der Waals surface area contributed by atoms with Crippen molar-refractivity contribution < 1.29 is 9.47 Å². The lowest BCUT2D eigenvalue weighted by Crippen LogP contribution is -2.08. The summed E-state index contributed by atoms with van der Waals surface area (Å²) in [5, 5.41) is 9.33. The van der Waals surface area contributed by atoms with Crippen LogP contribution in [-0.4, -0.2) is 30.5 Å². The first-order chi connectivity index (χ1) is 13.6. The molecule has 1 aliphatic rings. The van der Waals surface area contributed by atoms with Crippen LogP contribution in [0, 0.1) is 6.92 Å². The summed E-state index contributed by atoms with van der Waals surface area (Å²) in [5.41, 5.74) is 5.16. The quantitative estimate of drug-likeness (QED) is 0.651. The maximum Gasteiger partial charge on any atom is 0.133 e. The molecule has 2 aromatic carbocycles. The summed E-state index contributed by atoms with van der Waals surface area (Å²) in [6, 6.07) is 11.7. The predicted molar refractivity (Wildman–Crippen MR) is 113 cm³/mol. The summed E-state index contributed by atoms with van der Waals surface area (Å²) < 4.78 is 13.1. The zero-order chi connectivity index (χ0) is 19.7. The number of aryl methyl sites for hydroxylation is 1. The molecule has 0 saturated heterocycles. The van der Waals surface area contributed by atoms with Crippen molar-refractivity contribution in [3.8, 4) is 28.4 Å². The third-order valence-electron chi connectivity index (χ3n) is 5.18. The maximum absolute atomic E-state index is 6.17. The molecule has 0 amide bonds. The molecule has 3 aromatic rings. The first kappa shape index (κ1) is 18.7. The van der Waals surface area contributed by atoms with Gasteiger partial charge in [0.25, 0.3) is 0 Å². The summed E-state index contributed by atoms with van der Waals surface area (Å²) in [4.78, 5) is 0. The molecule has 0 unspecified atom stereocenters. The van der Waals surface area contributed by atoms with Gasteiger partial charge in [0.05, 0.1) is 19.9 Å². The Morgan fingerprint density at radius 3 is 2.68 bits per heavy atom. The van der Waals surface area contributed by atoms with Crippen molar-refractivity contribution in [2.75, 3.05) is 26.1 Å². The fraction of sp³-hybridized carbons (Fsp3) is 0.318. The highest BCUT2D eigenvalue weighted by molar-refractivity contribution is 6.30. The smallest absolute Gasteiger partial charge is 0.133 e. The molecule has 0 radical (unpaired) electrons. The Balaban J connectivity index is 1.96. The lowest BCUT2D eigenvalue weighted by molar-refractivity contribution is 0.404. The Kier molecular flexibility index (Phi) is 5.18. The van der Waals surface area contributed by atoms with E-state index in [0.717, 1.165) is 70.7 Å². The number of ether oxygens (including phenoxy) is 2. The zero-order valence-corrected chi connectivity index (χ0v) is 17.1. The Labute approximate surface area is 170 Å². The minimum absolute atomic E-state index is 0.724. The molecule has 1 aromatic heterocycles. The van der Waals surface area contributed by atoms with Gasteiger partial charge in [0.1, 0.15) is 23.0 Å². The highest BCUT2D eigenvalue weighted by atomic mass is 35.5. The minimum atomic E-state index is 0.724. The number of rotatable bonds is 4. The summed E-state index contributed by atoms with van der Waals surface area (Å²) in [6.45, 7) is 2.98. The van der Waals surface area contributed by atoms with E-state index in [2.05, 4.69) is 12.2 Å². The molecular weight excluding hydrogens is 374 g/mol. The van der Waals surface area contributed by atoms with Gasteiger partial charge in [-0.25, -0.2) is 4.68 Å². The van der Waals surface area contributed by atoms with Crippen molar-refractivity contribution in [3.05, 3.63) is 52.5 Å². The standard InChI is InChI=1S/C22H24ClN3O2/c1-14-12-15(23)7-9-19(14)26-22-17(6-4-5-11-24-22)21(25-26)18-13-16(27-2)8-10-20(18)28-3/h7-10,12-13,24H,4-6,11H2,1-3H3. The second kappa shape index (κ2) is 7.76. The SMILES string of the molecule is COc1ccc(OC)c(-c2nn(-c3ccc(Cl)cc3C)c3c2CCCCN3)c1. The number of aromatic nitrogens is 2. The van der Waals surface area contributed by atoms with Gasteiger partial charge in [-0.3, -0.25) is 0 Å². The Hall–Kier alpha value is -2.66. The second-order valence-electron chi connectivity index (χ2n) is 6.97. The minimum Gasteiger partial charge on any atom is -0.497 e. The van der Waals surface area contributed by atoms with Crippen LogP contribution in [0.2, 0.25) is 5.02 Å². The normalized spacial score (nSPS) is 13.4. The molecule has 0 spiro atoms. The van der Waals surface area contributed by atoms with Crippen molar-refractivity contribution >= 4 is 17.4 Å². The van der Waals surface area contributed by atoms with Crippen LogP contribution in [0.4, 0.5) is 5.82 Å². The summed E-state index contributed by atoms with van der Waals surface area (Å²) >= 11 is 6.17. The highest BCUT2D eigenvalue weighted by Crippen LogP contribution is 2.40. The van der Waals surface area contributed by atoms with E-state index in [1.54, 1.807) is 14.2 Å². The van der Waals surface area contributed by atoms with Crippen LogP contribution < -0.4 is 14.8 Å². The number of anilines is 1. The molecule has 0 aliphatic carbocycles. The van der Waals surface area contributed by atoms with E-state index < -0.39 is 0 Å². The zero-order valence-electron chi connectivity index (χ0n) is 16.4. The van der Waals surface area contributed by atoms with Crippen LogP contribution in [-0.2, 0) is 6.42 Å². The van der Waals surface area contributed by atoms with E-state index in [9.17, 15) is 0 Å². The number of methoxy groups -OCH3 is 2. The molecule has 1 aliphatic heterocycles. The first-order valence-electron chi connectivity index (χ1n) is 9.47. The third kappa shape index (κ3) is 3.31. The van der Waals surface area contributed by atoms with Gasteiger partial charge in [0.15, 0.2) is 0 Å². The van der Waals surface area contributed by atoms with Crippen molar-refractivity contribution in [2.45, 2.75) is 26.2 Å². The Bertz CT molecular complexity index is 1010. The lowest BCUT2D eigenvalue weighted by Gasteiger charge is -2.11. The molecule has 0 fully saturated rings. The Morgan fingerprint density at radius 1 is 1.07 bits per heavy atom. The number of halogens is 1. The van der Waals surface area contributed by atoms with E-state index in [-0.39, 0.29) is 0 Å². The van der Waals surface area contributed by atoms with Crippen LogP contribution in [0.5, 0.6) is 11.5 Å². The lowest BCUT2D eigenvalue weighted by atomic mass is 10.0. The summed E-state index contributed by atoms with van der Waals surface area (Å²) in [7, 11) is 3.35. The van der Waals surface area contributed by atoms with E-state index in [0.29, 0.717) is 0 Å². The van der Waals surface area contributed by atoms with E-state index in [1.165, 1.54) is 5.56 Å². The molecular formula is C22H24ClN3O2. The maximum atomic E-state index is 6.17. The number of hydrogen-bond acceptors (Lipinski definition) is 4. The molecule has 6 heteroatoms. The van der Waals surface area contributed by atoms with Gasteiger partial charge in [-0.1, -0.05) is 11.6 Å². The van der Waals surface area contributed by atoms with Crippen LogP contribution >= 0.6 is 11.6 Å². The summed E-state index contributed by atoms with van der Waals surface area (Å²) in [6.07, 6.45) is 3.21. The molecule has 146 valence electrons. The average molecular weight is 398 g/mol. The highest BCUT2D eigenvalue weighted by Gasteiger charge is 2.24. The van der Waals surface area contributed by atoms with E-state index >= 15 is 0 Å². The van der Waals surface area contributed by atoms with Crippen molar-refractivity contribution in [3.63, 3.8) is 0 Å². The van der Waals surface area contributed by atoms with Gasteiger partial charge in [-0.15, -0.1) is 0 Å². The fourth-order valence-corrected chi connectivity index (χ4v) is 3.98. The molecule has 28 heavy (non-hydrogen) atoms. The molecule has 0 saturated carbocycles. The molecule has 0 bridgehead atoms. The van der Waals surface area contributed by atoms with Crippen LogP contribution in [0.1, 0.15) is 24.0 Å². The molecule has 5 nitrogen and oxygen atoms in total. The van der Waals surface area contributed by atoms with Gasteiger partial charge in [0, 0.05) is 22.7 Å².